The molecule has 1 saturated heterocycles. The van der Waals surface area contributed by atoms with Gasteiger partial charge in [0.15, 0.2) is 0 Å². The topological polar surface area (TPSA) is 66.0 Å². The summed E-state index contributed by atoms with van der Waals surface area (Å²) in [6.45, 7) is 8.27. The first-order valence-corrected chi connectivity index (χ1v) is 11.4. The molecule has 0 N–H and O–H groups in total. The Hall–Kier alpha value is -2.87. The lowest BCUT2D eigenvalue weighted by atomic mass is 10.0. The lowest BCUT2D eigenvalue weighted by Gasteiger charge is -2.44. The standard InChI is InChI=1S/C24H28ClFN4O3/c1-15-7-5-9-18(26)21(15)29-13-16-12-27-20(25)11-19(16)30(22(29)31)17-8-6-10-28(14-17)23(32)33-24(2,3)4/h5,7,9,11-12,17H,6,8,10,13-14H2,1-4H3/t17-/m1/s1. The van der Waals surface area contributed by atoms with Crippen molar-refractivity contribution >= 4 is 35.1 Å². The van der Waals surface area contributed by atoms with Crippen LogP contribution in [0.4, 0.5) is 25.4 Å². The fraction of sp³-hybridized carbons (Fsp3) is 0.458. The van der Waals surface area contributed by atoms with Gasteiger partial charge in [-0.15, -0.1) is 0 Å². The number of benzene rings is 1. The number of anilines is 2. The Morgan fingerprint density at radius 3 is 2.76 bits per heavy atom. The molecule has 0 spiro atoms. The third-order valence-corrected chi connectivity index (χ3v) is 6.03. The molecule has 9 heteroatoms. The van der Waals surface area contributed by atoms with Gasteiger partial charge in [-0.2, -0.15) is 0 Å². The Balaban J connectivity index is 1.71. The van der Waals surface area contributed by atoms with Crippen molar-refractivity contribution in [1.82, 2.24) is 9.88 Å². The Bertz CT molecular complexity index is 1070. The smallest absolute Gasteiger partial charge is 0.410 e. The Labute approximate surface area is 198 Å². The Morgan fingerprint density at radius 1 is 1.30 bits per heavy atom. The van der Waals surface area contributed by atoms with Crippen LogP contribution in [0.25, 0.3) is 0 Å². The molecular formula is C24H28ClFN4O3. The highest BCUT2D eigenvalue weighted by Gasteiger charge is 2.40. The van der Waals surface area contributed by atoms with Gasteiger partial charge in [0.25, 0.3) is 0 Å². The predicted octanol–water partition coefficient (Wildman–Crippen LogP) is 5.53. The third kappa shape index (κ3) is 4.76. The number of hydrogen-bond donors (Lipinski definition) is 0. The maximum Gasteiger partial charge on any atom is 0.410 e. The number of urea groups is 1. The molecule has 3 heterocycles. The summed E-state index contributed by atoms with van der Waals surface area (Å²) < 4.78 is 20.4. The second-order valence-corrected chi connectivity index (χ2v) is 9.89. The second kappa shape index (κ2) is 8.82. The quantitative estimate of drug-likeness (QED) is 0.537. The van der Waals surface area contributed by atoms with Crippen molar-refractivity contribution in [3.8, 4) is 0 Å². The van der Waals surface area contributed by atoms with Crippen LogP contribution in [0.3, 0.4) is 0 Å². The van der Waals surface area contributed by atoms with E-state index in [-0.39, 0.29) is 29.5 Å². The zero-order valence-corrected chi connectivity index (χ0v) is 20.0. The predicted molar refractivity (Wildman–Crippen MR) is 125 cm³/mol. The summed E-state index contributed by atoms with van der Waals surface area (Å²) in [7, 11) is 0. The first-order valence-electron chi connectivity index (χ1n) is 11.0. The first kappa shape index (κ1) is 23.3. The average Bonchev–Trinajstić information content (AvgIpc) is 2.73. The van der Waals surface area contributed by atoms with Crippen LogP contribution < -0.4 is 9.80 Å². The van der Waals surface area contributed by atoms with Crippen LogP contribution in [0.5, 0.6) is 0 Å². The van der Waals surface area contributed by atoms with Gasteiger partial charge >= 0.3 is 12.1 Å². The molecule has 0 radical (unpaired) electrons. The molecule has 2 aromatic rings. The van der Waals surface area contributed by atoms with Crippen molar-refractivity contribution in [2.45, 2.75) is 58.7 Å². The highest BCUT2D eigenvalue weighted by atomic mass is 35.5. The summed E-state index contributed by atoms with van der Waals surface area (Å²) in [5.74, 6) is -0.465. The van der Waals surface area contributed by atoms with Gasteiger partial charge in [0.2, 0.25) is 0 Å². The molecule has 1 aromatic carbocycles. The van der Waals surface area contributed by atoms with Crippen molar-refractivity contribution < 1.29 is 18.7 Å². The van der Waals surface area contributed by atoms with Crippen LogP contribution in [0.2, 0.25) is 5.15 Å². The zero-order valence-electron chi connectivity index (χ0n) is 19.3. The minimum atomic E-state index is -0.615. The van der Waals surface area contributed by atoms with E-state index in [0.717, 1.165) is 5.56 Å². The number of carbonyl (C=O) groups excluding carboxylic acids is 2. The van der Waals surface area contributed by atoms with Crippen LogP contribution in [0.1, 0.15) is 44.7 Å². The Kier molecular flexibility index (Phi) is 6.22. The first-order chi connectivity index (χ1) is 15.5. The number of fused-ring (bicyclic) bond motifs is 1. The molecule has 0 unspecified atom stereocenters. The molecule has 33 heavy (non-hydrogen) atoms. The number of piperidine rings is 1. The van der Waals surface area contributed by atoms with E-state index in [0.29, 0.717) is 37.2 Å². The van der Waals surface area contributed by atoms with Crippen LogP contribution in [0.15, 0.2) is 30.5 Å². The molecule has 7 nitrogen and oxygen atoms in total. The molecule has 1 fully saturated rings. The molecule has 0 saturated carbocycles. The van der Waals surface area contributed by atoms with E-state index in [1.807, 2.05) is 20.8 Å². The van der Waals surface area contributed by atoms with Gasteiger partial charge < -0.3 is 9.64 Å². The van der Waals surface area contributed by atoms with E-state index in [1.165, 1.54) is 11.0 Å². The lowest BCUT2D eigenvalue weighted by Crippen LogP contribution is -2.58. The van der Waals surface area contributed by atoms with E-state index >= 15 is 0 Å². The summed E-state index contributed by atoms with van der Waals surface area (Å²) in [6, 6.07) is 5.74. The van der Waals surface area contributed by atoms with Crippen LogP contribution in [0, 0.1) is 12.7 Å². The minimum Gasteiger partial charge on any atom is -0.444 e. The van der Waals surface area contributed by atoms with Crippen molar-refractivity contribution in [2.75, 3.05) is 22.9 Å². The van der Waals surface area contributed by atoms with E-state index in [4.69, 9.17) is 16.3 Å². The minimum absolute atomic E-state index is 0.180. The van der Waals surface area contributed by atoms with Gasteiger partial charge in [0.05, 0.1) is 24.0 Å². The number of rotatable bonds is 2. The molecule has 0 aliphatic carbocycles. The third-order valence-electron chi connectivity index (χ3n) is 5.83. The largest absolute Gasteiger partial charge is 0.444 e. The zero-order chi connectivity index (χ0) is 23.9. The number of ether oxygens (including phenoxy) is 1. The monoisotopic (exact) mass is 474 g/mol. The van der Waals surface area contributed by atoms with Gasteiger partial charge in [-0.3, -0.25) is 9.80 Å². The number of aryl methyl sites for hydroxylation is 1. The van der Waals surface area contributed by atoms with Crippen LogP contribution >= 0.6 is 11.6 Å². The fourth-order valence-electron chi connectivity index (χ4n) is 4.42. The molecule has 1 atom stereocenters. The normalized spacial score (nSPS) is 18.9. The summed E-state index contributed by atoms with van der Waals surface area (Å²) in [6.07, 6.45) is 2.61. The number of halogens is 2. The maximum absolute atomic E-state index is 14.8. The number of likely N-dealkylation sites (tertiary alicyclic amines) is 1. The average molecular weight is 475 g/mol. The summed E-state index contributed by atoms with van der Waals surface area (Å²) in [4.78, 5) is 35.4. The molecule has 4 rings (SSSR count). The Morgan fingerprint density at radius 2 is 2.06 bits per heavy atom. The lowest BCUT2D eigenvalue weighted by molar-refractivity contribution is 0.0199. The molecule has 176 valence electrons. The molecule has 3 amide bonds. The molecule has 2 aliphatic rings. The van der Waals surface area contributed by atoms with E-state index in [9.17, 15) is 14.0 Å². The van der Waals surface area contributed by atoms with Gasteiger partial charge in [0, 0.05) is 24.8 Å². The number of carbonyl (C=O) groups is 2. The van der Waals surface area contributed by atoms with Crippen LogP contribution in [-0.4, -0.2) is 46.7 Å². The van der Waals surface area contributed by atoms with Crippen molar-refractivity contribution in [1.29, 1.82) is 0 Å². The van der Waals surface area contributed by atoms with Gasteiger partial charge in [0.1, 0.15) is 16.6 Å². The molecule has 0 bridgehead atoms. The molecule has 1 aromatic heterocycles. The number of aromatic nitrogens is 1. The van der Waals surface area contributed by atoms with E-state index in [1.54, 1.807) is 41.1 Å². The molecular weight excluding hydrogens is 447 g/mol. The fourth-order valence-corrected chi connectivity index (χ4v) is 4.57. The number of nitrogens with zero attached hydrogens (tertiary/aromatic N) is 4. The van der Waals surface area contributed by atoms with Crippen LogP contribution in [-0.2, 0) is 11.3 Å². The van der Waals surface area contributed by atoms with Crippen molar-refractivity contribution in [3.63, 3.8) is 0 Å². The number of para-hydroxylation sites is 1. The highest BCUT2D eigenvalue weighted by Crippen LogP contribution is 2.37. The van der Waals surface area contributed by atoms with E-state index in [2.05, 4.69) is 4.98 Å². The highest BCUT2D eigenvalue weighted by molar-refractivity contribution is 6.29. The summed E-state index contributed by atoms with van der Waals surface area (Å²) in [5, 5.41) is 0.266. The SMILES string of the molecule is Cc1cccc(F)c1N1Cc2cnc(Cl)cc2N([C@@H]2CCCN(C(=O)OC(C)(C)C)C2)C1=O. The number of pyridine rings is 1. The maximum atomic E-state index is 14.8. The molecule has 2 aliphatic heterocycles. The van der Waals surface area contributed by atoms with Crippen molar-refractivity contribution in [3.05, 3.63) is 52.6 Å². The summed E-state index contributed by atoms with van der Waals surface area (Å²) in [5.41, 5.74) is 1.69. The van der Waals surface area contributed by atoms with Gasteiger partial charge in [-0.05, 0) is 58.2 Å². The second-order valence-electron chi connectivity index (χ2n) is 9.50. The summed E-state index contributed by atoms with van der Waals surface area (Å²) >= 11 is 6.18. The van der Waals surface area contributed by atoms with Gasteiger partial charge in [-0.25, -0.2) is 19.0 Å². The number of amides is 3. The van der Waals surface area contributed by atoms with E-state index < -0.39 is 17.5 Å². The van der Waals surface area contributed by atoms with Gasteiger partial charge in [-0.1, -0.05) is 23.7 Å². The van der Waals surface area contributed by atoms with Crippen molar-refractivity contribution in [2.24, 2.45) is 0 Å². The number of hydrogen-bond acceptors (Lipinski definition) is 4.